The molecule has 2 aliphatic carbocycles. The molecule has 1 aliphatic heterocycles. The number of hydrogen-bond acceptors (Lipinski definition) is 2. The van der Waals surface area contributed by atoms with E-state index in [-0.39, 0.29) is 5.69 Å². The second-order valence-electron chi connectivity index (χ2n) is 8.97. The molecule has 2 amide bonds. The van der Waals surface area contributed by atoms with Crippen LogP contribution in [0.4, 0.5) is 23.2 Å². The van der Waals surface area contributed by atoms with Crippen LogP contribution in [-0.2, 0) is 9.59 Å². The van der Waals surface area contributed by atoms with E-state index in [1.165, 1.54) is 24.3 Å². The van der Waals surface area contributed by atoms with Crippen molar-refractivity contribution in [2.75, 3.05) is 4.90 Å². The molecule has 0 radical (unpaired) electrons. The maximum absolute atomic E-state index is 13.8. The van der Waals surface area contributed by atoms with Crippen LogP contribution >= 0.6 is 0 Å². The zero-order valence-electron chi connectivity index (χ0n) is 18.1. The van der Waals surface area contributed by atoms with Gasteiger partial charge in [-0.15, -0.1) is 0 Å². The molecule has 1 saturated carbocycles. The van der Waals surface area contributed by atoms with E-state index in [4.69, 9.17) is 0 Å². The highest BCUT2D eigenvalue weighted by atomic mass is 19.1. The van der Waals surface area contributed by atoms with Crippen LogP contribution in [0.25, 0.3) is 5.57 Å². The number of rotatable bonds is 3. The summed E-state index contributed by atoms with van der Waals surface area (Å²) in [6, 6.07) is 14.3. The number of allylic oxidation sites excluding steroid dienone is 3. The lowest BCUT2D eigenvalue weighted by Crippen LogP contribution is -2.33. The van der Waals surface area contributed by atoms with Crippen molar-refractivity contribution < 1.29 is 27.2 Å². The Balaban J connectivity index is 1.49. The van der Waals surface area contributed by atoms with Crippen molar-refractivity contribution in [2.45, 2.75) is 0 Å². The number of anilines is 1. The van der Waals surface area contributed by atoms with Crippen molar-refractivity contribution in [3.63, 3.8) is 0 Å². The van der Waals surface area contributed by atoms with Crippen LogP contribution in [0.5, 0.6) is 0 Å². The van der Waals surface area contributed by atoms with Crippen molar-refractivity contribution in [1.29, 1.82) is 0 Å². The van der Waals surface area contributed by atoms with E-state index in [1.807, 2.05) is 12.2 Å². The van der Waals surface area contributed by atoms with Crippen LogP contribution in [0.3, 0.4) is 0 Å². The largest absolute Gasteiger partial charge is 0.274 e. The van der Waals surface area contributed by atoms with Gasteiger partial charge in [-0.05, 0) is 58.7 Å². The zero-order valence-corrected chi connectivity index (χ0v) is 18.1. The van der Waals surface area contributed by atoms with Crippen molar-refractivity contribution in [2.24, 2.45) is 23.7 Å². The fourth-order valence-corrected chi connectivity index (χ4v) is 5.75. The summed E-state index contributed by atoms with van der Waals surface area (Å²) in [6.07, 6.45) is 3.74. The Morgan fingerprint density at radius 2 is 1.03 bits per heavy atom. The lowest BCUT2D eigenvalue weighted by atomic mass is 9.85. The van der Waals surface area contributed by atoms with Crippen LogP contribution in [0.2, 0.25) is 0 Å². The molecule has 6 rings (SSSR count). The molecule has 0 unspecified atom stereocenters. The minimum atomic E-state index is -0.880. The van der Waals surface area contributed by atoms with Gasteiger partial charge in [-0.25, -0.2) is 22.5 Å². The molecular weight excluding hydrogens is 458 g/mol. The summed E-state index contributed by atoms with van der Waals surface area (Å²) in [7, 11) is 0. The summed E-state index contributed by atoms with van der Waals surface area (Å²) < 4.78 is 55.0. The Labute approximate surface area is 198 Å². The summed E-state index contributed by atoms with van der Waals surface area (Å²) in [5.41, 5.74) is 2.76. The number of carbonyl (C=O) groups excluding carboxylic acids is 2. The third kappa shape index (κ3) is 3.26. The van der Waals surface area contributed by atoms with Gasteiger partial charge in [0.15, 0.2) is 0 Å². The van der Waals surface area contributed by atoms with Gasteiger partial charge in [0, 0.05) is 17.9 Å². The molecular formula is C28H17F4NO2. The first-order valence-corrected chi connectivity index (χ1v) is 11.1. The summed E-state index contributed by atoms with van der Waals surface area (Å²) in [6.45, 7) is 0. The first-order valence-electron chi connectivity index (χ1n) is 11.1. The van der Waals surface area contributed by atoms with Crippen molar-refractivity contribution in [3.8, 4) is 0 Å². The highest BCUT2D eigenvalue weighted by molar-refractivity contribution is 6.23. The Kier molecular flexibility index (Phi) is 4.78. The fraction of sp³-hybridized carbons (Fsp3) is 0.143. The minimum absolute atomic E-state index is 0.130. The van der Waals surface area contributed by atoms with Crippen molar-refractivity contribution in [3.05, 3.63) is 119 Å². The van der Waals surface area contributed by atoms with Gasteiger partial charge in [0.1, 0.15) is 23.3 Å². The van der Waals surface area contributed by atoms with Gasteiger partial charge in [0.25, 0.3) is 0 Å². The molecule has 0 spiro atoms. The van der Waals surface area contributed by atoms with E-state index in [2.05, 4.69) is 0 Å². The number of halogens is 4. The summed E-state index contributed by atoms with van der Waals surface area (Å²) in [5, 5.41) is 0. The standard InChI is InChI=1S/C28H17F4NO2/c29-16-5-1-14(2-6-16)23(15-3-7-17(30)8-4-15)24-21-9-10-22(24)26-25(21)27(34)33(28(26)35)20-12-18(31)11-19(32)13-20/h1-13,21-22,25-26H/t21-,22+,25-,26-/m1/s1. The van der Waals surface area contributed by atoms with Crippen LogP contribution in [0, 0.1) is 46.9 Å². The van der Waals surface area contributed by atoms with Gasteiger partial charge in [-0.1, -0.05) is 36.4 Å². The zero-order chi connectivity index (χ0) is 24.4. The highest BCUT2D eigenvalue weighted by Crippen LogP contribution is 2.58. The molecule has 1 heterocycles. The molecule has 3 aliphatic rings. The monoisotopic (exact) mass is 475 g/mol. The average Bonchev–Trinajstić information content (AvgIpc) is 3.45. The molecule has 2 bridgehead atoms. The lowest BCUT2D eigenvalue weighted by molar-refractivity contribution is -0.122. The minimum Gasteiger partial charge on any atom is -0.274 e. The number of nitrogens with zero attached hydrogens (tertiary/aromatic N) is 1. The molecule has 7 heteroatoms. The van der Waals surface area contributed by atoms with E-state index in [1.54, 1.807) is 24.3 Å². The van der Waals surface area contributed by atoms with Gasteiger partial charge >= 0.3 is 0 Å². The van der Waals surface area contributed by atoms with Crippen LogP contribution in [-0.4, -0.2) is 11.8 Å². The Hall–Kier alpha value is -4.00. The number of amides is 2. The van der Waals surface area contributed by atoms with Crippen molar-refractivity contribution in [1.82, 2.24) is 0 Å². The summed E-state index contributed by atoms with van der Waals surface area (Å²) in [4.78, 5) is 27.8. The number of hydrogen-bond donors (Lipinski definition) is 0. The second kappa shape index (κ2) is 7.77. The lowest BCUT2D eigenvalue weighted by Gasteiger charge is -2.21. The SMILES string of the molecule is O=C1[C@H]2[C@H](C(=O)N1c1cc(F)cc(F)c1)[C@H]1C=C[C@@H]2C1=C(c1ccc(F)cc1)c1ccc(F)cc1. The van der Waals surface area contributed by atoms with Gasteiger partial charge in [-0.2, -0.15) is 0 Å². The molecule has 3 nitrogen and oxygen atoms in total. The molecule has 4 atom stereocenters. The molecule has 3 aromatic carbocycles. The Morgan fingerprint density at radius 3 is 1.46 bits per heavy atom. The number of fused-ring (bicyclic) bond motifs is 5. The molecule has 35 heavy (non-hydrogen) atoms. The Bertz CT molecular complexity index is 1340. The molecule has 3 aromatic rings. The molecule has 174 valence electrons. The fourth-order valence-electron chi connectivity index (χ4n) is 5.75. The molecule has 0 N–H and O–H groups in total. The van der Waals surface area contributed by atoms with E-state index in [0.29, 0.717) is 22.8 Å². The van der Waals surface area contributed by atoms with Crippen LogP contribution in [0.15, 0.2) is 84.5 Å². The molecule has 2 fully saturated rings. The normalized spacial score (nSPS) is 24.5. The van der Waals surface area contributed by atoms with Gasteiger partial charge in [0.05, 0.1) is 17.5 Å². The topological polar surface area (TPSA) is 37.4 Å². The molecule has 0 aromatic heterocycles. The predicted molar refractivity (Wildman–Crippen MR) is 121 cm³/mol. The van der Waals surface area contributed by atoms with E-state index in [0.717, 1.165) is 22.6 Å². The maximum Gasteiger partial charge on any atom is 0.238 e. The number of imide groups is 1. The smallest absolute Gasteiger partial charge is 0.238 e. The van der Waals surface area contributed by atoms with Gasteiger partial charge in [-0.3, -0.25) is 9.59 Å². The first kappa shape index (κ1) is 21.5. The van der Waals surface area contributed by atoms with Crippen LogP contribution in [0.1, 0.15) is 11.1 Å². The summed E-state index contributed by atoms with van der Waals surface area (Å²) >= 11 is 0. The van der Waals surface area contributed by atoms with Crippen molar-refractivity contribution >= 4 is 23.1 Å². The first-order chi connectivity index (χ1) is 16.8. The van der Waals surface area contributed by atoms with E-state index in [9.17, 15) is 27.2 Å². The van der Waals surface area contributed by atoms with Gasteiger partial charge < -0.3 is 0 Å². The summed E-state index contributed by atoms with van der Waals surface area (Å²) in [5.74, 6) is -5.94. The van der Waals surface area contributed by atoms with E-state index < -0.39 is 58.8 Å². The van der Waals surface area contributed by atoms with Crippen LogP contribution < -0.4 is 4.90 Å². The third-order valence-corrected chi connectivity index (χ3v) is 7.08. The molecule has 1 saturated heterocycles. The van der Waals surface area contributed by atoms with E-state index >= 15 is 0 Å². The second-order valence-corrected chi connectivity index (χ2v) is 8.97. The number of benzene rings is 3. The Morgan fingerprint density at radius 1 is 0.600 bits per heavy atom. The number of carbonyl (C=O) groups is 2. The van der Waals surface area contributed by atoms with Gasteiger partial charge in [0.2, 0.25) is 11.8 Å². The maximum atomic E-state index is 13.8. The quantitative estimate of drug-likeness (QED) is 0.278. The third-order valence-electron chi connectivity index (χ3n) is 7.08. The highest BCUT2D eigenvalue weighted by Gasteiger charge is 2.62. The average molecular weight is 475 g/mol. The predicted octanol–water partition coefficient (Wildman–Crippen LogP) is 5.67.